The van der Waals surface area contributed by atoms with Gasteiger partial charge in [0.05, 0.1) is 29.0 Å². The number of ether oxygens (including phenoxy) is 1. The Hall–Kier alpha value is -4.17. The molecule has 0 unspecified atom stereocenters. The highest BCUT2D eigenvalue weighted by Gasteiger charge is 2.40. The molecule has 0 aromatic heterocycles. The van der Waals surface area contributed by atoms with Gasteiger partial charge in [0.2, 0.25) is 0 Å². The molecule has 33 heavy (non-hydrogen) atoms. The van der Waals surface area contributed by atoms with E-state index in [2.05, 4.69) is 5.32 Å². The zero-order valence-corrected chi connectivity index (χ0v) is 18.4. The predicted molar refractivity (Wildman–Crippen MR) is 125 cm³/mol. The third-order valence-electron chi connectivity index (χ3n) is 5.13. The molecule has 1 heterocycles. The molecule has 166 valence electrons. The minimum atomic E-state index is -0.584. The van der Waals surface area contributed by atoms with Crippen LogP contribution in [0, 0.1) is 17.0 Å². The van der Waals surface area contributed by atoms with Gasteiger partial charge in [0.15, 0.2) is 0 Å². The molecule has 0 fully saturated rings. The van der Waals surface area contributed by atoms with Gasteiger partial charge in [0.1, 0.15) is 11.4 Å². The van der Waals surface area contributed by atoms with Crippen LogP contribution in [0.1, 0.15) is 11.1 Å². The Morgan fingerprint density at radius 1 is 1.00 bits per heavy atom. The monoisotopic (exact) mass is 463 g/mol. The van der Waals surface area contributed by atoms with Crippen molar-refractivity contribution in [3.63, 3.8) is 0 Å². The zero-order valence-electron chi connectivity index (χ0n) is 17.7. The molecule has 0 radical (unpaired) electrons. The van der Waals surface area contributed by atoms with Crippen molar-refractivity contribution in [3.8, 4) is 5.75 Å². The van der Waals surface area contributed by atoms with Crippen LogP contribution in [0.25, 0.3) is 5.57 Å². The highest BCUT2D eigenvalue weighted by molar-refractivity contribution is 6.46. The SMILES string of the molecule is COc1ccc(C)cc1NC1=C(c2ccc([N+](=O)[O-])cc2)C(=O)N(c2cccc(Cl)c2)C1=O. The van der Waals surface area contributed by atoms with Crippen LogP contribution in [0.5, 0.6) is 5.75 Å². The van der Waals surface area contributed by atoms with Crippen molar-refractivity contribution < 1.29 is 19.2 Å². The van der Waals surface area contributed by atoms with Gasteiger partial charge in [-0.1, -0.05) is 23.7 Å². The Balaban J connectivity index is 1.86. The van der Waals surface area contributed by atoms with Gasteiger partial charge in [-0.3, -0.25) is 19.7 Å². The maximum absolute atomic E-state index is 13.5. The summed E-state index contributed by atoms with van der Waals surface area (Å²) in [6.45, 7) is 1.89. The predicted octanol–water partition coefficient (Wildman–Crippen LogP) is 4.96. The van der Waals surface area contributed by atoms with E-state index in [0.29, 0.717) is 27.7 Å². The maximum atomic E-state index is 13.5. The lowest BCUT2D eigenvalue weighted by molar-refractivity contribution is -0.384. The van der Waals surface area contributed by atoms with Gasteiger partial charge >= 0.3 is 0 Å². The van der Waals surface area contributed by atoms with E-state index < -0.39 is 16.7 Å². The summed E-state index contributed by atoms with van der Waals surface area (Å²) < 4.78 is 5.40. The van der Waals surface area contributed by atoms with Gasteiger partial charge in [-0.2, -0.15) is 0 Å². The molecule has 1 N–H and O–H groups in total. The topological polar surface area (TPSA) is 102 Å². The number of amides is 2. The van der Waals surface area contributed by atoms with Crippen LogP contribution in [-0.4, -0.2) is 23.8 Å². The van der Waals surface area contributed by atoms with Gasteiger partial charge in [-0.05, 0) is 60.5 Å². The van der Waals surface area contributed by atoms with Crippen LogP contribution < -0.4 is 15.0 Å². The number of carbonyl (C=O) groups excluding carboxylic acids is 2. The van der Waals surface area contributed by atoms with E-state index in [-0.39, 0.29) is 17.0 Å². The lowest BCUT2D eigenvalue weighted by Gasteiger charge is -2.16. The molecule has 1 aliphatic heterocycles. The summed E-state index contributed by atoms with van der Waals surface area (Å²) in [5.74, 6) is -0.679. The largest absolute Gasteiger partial charge is 0.495 e. The first-order chi connectivity index (χ1) is 15.8. The van der Waals surface area contributed by atoms with Crippen LogP contribution in [0.2, 0.25) is 5.02 Å². The van der Waals surface area contributed by atoms with Gasteiger partial charge in [-0.15, -0.1) is 0 Å². The number of halogens is 1. The summed E-state index contributed by atoms with van der Waals surface area (Å²) in [4.78, 5) is 38.5. The lowest BCUT2D eigenvalue weighted by Crippen LogP contribution is -2.32. The molecule has 2 amide bonds. The number of hydrogen-bond acceptors (Lipinski definition) is 6. The Labute approximate surface area is 194 Å². The molecule has 3 aromatic rings. The third-order valence-corrected chi connectivity index (χ3v) is 5.37. The molecule has 3 aromatic carbocycles. The standard InChI is InChI=1S/C24H18ClN3O5/c1-14-6-11-20(33-2)19(12-14)26-22-21(15-7-9-17(10-8-15)28(31)32)23(29)27(24(22)30)18-5-3-4-16(25)13-18/h3-13,26H,1-2H3. The molecule has 1 aliphatic rings. The smallest absolute Gasteiger partial charge is 0.282 e. The first-order valence-electron chi connectivity index (χ1n) is 9.85. The molecule has 0 aliphatic carbocycles. The molecule has 0 atom stereocenters. The van der Waals surface area contributed by atoms with Crippen molar-refractivity contribution >= 4 is 46.1 Å². The number of nitrogens with one attached hydrogen (secondary N) is 1. The maximum Gasteiger partial charge on any atom is 0.282 e. The number of aryl methyl sites for hydroxylation is 1. The number of rotatable bonds is 6. The van der Waals surface area contributed by atoms with Crippen LogP contribution in [0.3, 0.4) is 0 Å². The molecule has 4 rings (SSSR count). The molecule has 8 nitrogen and oxygen atoms in total. The van der Waals surface area contributed by atoms with E-state index >= 15 is 0 Å². The molecular formula is C24H18ClN3O5. The number of nitro groups is 1. The van der Waals surface area contributed by atoms with Gasteiger partial charge in [0, 0.05) is 17.2 Å². The number of nitro benzene ring substituents is 1. The third kappa shape index (κ3) is 4.16. The molecule has 0 bridgehead atoms. The van der Waals surface area contributed by atoms with Crippen LogP contribution in [0.15, 0.2) is 72.4 Å². The number of anilines is 2. The zero-order chi connectivity index (χ0) is 23.7. The minimum Gasteiger partial charge on any atom is -0.495 e. The second-order valence-corrected chi connectivity index (χ2v) is 7.74. The fourth-order valence-corrected chi connectivity index (χ4v) is 3.75. The average Bonchev–Trinajstić information content (AvgIpc) is 3.03. The molecule has 0 saturated heterocycles. The first-order valence-corrected chi connectivity index (χ1v) is 10.2. The second kappa shape index (κ2) is 8.76. The quantitative estimate of drug-likeness (QED) is 0.315. The summed E-state index contributed by atoms with van der Waals surface area (Å²) in [5, 5.41) is 14.5. The van der Waals surface area contributed by atoms with E-state index in [9.17, 15) is 19.7 Å². The molecule has 9 heteroatoms. The summed E-state index contributed by atoms with van der Waals surface area (Å²) >= 11 is 6.08. The first kappa shape index (κ1) is 22.0. The van der Waals surface area contributed by atoms with Gasteiger partial charge in [0.25, 0.3) is 17.5 Å². The van der Waals surface area contributed by atoms with Gasteiger partial charge < -0.3 is 10.1 Å². The normalized spacial score (nSPS) is 13.5. The number of nitrogens with zero attached hydrogens (tertiary/aromatic N) is 2. The van der Waals surface area contributed by atoms with Crippen molar-refractivity contribution in [2.45, 2.75) is 6.92 Å². The van der Waals surface area contributed by atoms with Crippen molar-refractivity contribution in [1.82, 2.24) is 0 Å². The fourth-order valence-electron chi connectivity index (χ4n) is 3.57. The van der Waals surface area contributed by atoms with E-state index in [4.69, 9.17) is 16.3 Å². The van der Waals surface area contributed by atoms with E-state index in [1.54, 1.807) is 30.3 Å². The van der Waals surface area contributed by atoms with Crippen molar-refractivity contribution in [2.24, 2.45) is 0 Å². The molecule has 0 saturated carbocycles. The number of imide groups is 1. The number of non-ortho nitro benzene ring substituents is 1. The van der Waals surface area contributed by atoms with Crippen molar-refractivity contribution in [3.05, 3.63) is 98.7 Å². The minimum absolute atomic E-state index is 0.0257. The Morgan fingerprint density at radius 3 is 2.36 bits per heavy atom. The van der Waals surface area contributed by atoms with Crippen molar-refractivity contribution in [1.29, 1.82) is 0 Å². The summed E-state index contributed by atoms with van der Waals surface area (Å²) in [6.07, 6.45) is 0. The molecular weight excluding hydrogens is 446 g/mol. The summed E-state index contributed by atoms with van der Waals surface area (Å²) in [6, 6.07) is 17.2. The van der Waals surface area contributed by atoms with Crippen molar-refractivity contribution in [2.75, 3.05) is 17.3 Å². The Morgan fingerprint density at radius 2 is 1.73 bits per heavy atom. The average molecular weight is 464 g/mol. The van der Waals surface area contributed by atoms with E-state index in [0.717, 1.165) is 10.5 Å². The van der Waals surface area contributed by atoms with E-state index in [1.165, 1.54) is 37.4 Å². The highest BCUT2D eigenvalue weighted by Crippen LogP contribution is 2.36. The summed E-state index contributed by atoms with van der Waals surface area (Å²) in [5.41, 5.74) is 2.07. The lowest BCUT2D eigenvalue weighted by atomic mass is 10.0. The second-order valence-electron chi connectivity index (χ2n) is 7.31. The van der Waals surface area contributed by atoms with Crippen LogP contribution >= 0.6 is 11.6 Å². The summed E-state index contributed by atoms with van der Waals surface area (Å²) in [7, 11) is 1.50. The molecule has 0 spiro atoms. The van der Waals surface area contributed by atoms with Gasteiger partial charge in [-0.25, -0.2) is 4.90 Å². The number of methoxy groups -OCH3 is 1. The number of benzene rings is 3. The van der Waals surface area contributed by atoms with E-state index in [1.807, 2.05) is 13.0 Å². The number of carbonyl (C=O) groups is 2. The Bertz CT molecular complexity index is 1320. The highest BCUT2D eigenvalue weighted by atomic mass is 35.5. The number of hydrogen-bond donors (Lipinski definition) is 1. The fraction of sp³-hybridized carbons (Fsp3) is 0.0833. The van der Waals surface area contributed by atoms with Crippen LogP contribution in [-0.2, 0) is 9.59 Å². The Kier molecular flexibility index (Phi) is 5.85. The van der Waals surface area contributed by atoms with Crippen LogP contribution in [0.4, 0.5) is 17.1 Å².